The molecule has 1 aliphatic carbocycles. The highest BCUT2D eigenvalue weighted by Gasteiger charge is 2.31. The number of ketones is 1. The summed E-state index contributed by atoms with van der Waals surface area (Å²) in [5.74, 6) is 0.536. The van der Waals surface area contributed by atoms with E-state index in [1.54, 1.807) is 18.0 Å². The van der Waals surface area contributed by atoms with Gasteiger partial charge in [-0.3, -0.25) is 4.79 Å². The molecule has 4 heteroatoms. The fraction of sp³-hybridized carbons (Fsp3) is 0.455. The molecule has 2 rings (SSSR count). The van der Waals surface area contributed by atoms with Crippen molar-refractivity contribution in [3.8, 4) is 0 Å². The Morgan fingerprint density at radius 1 is 1.53 bits per heavy atom. The number of halogens is 1. The monoisotopic (exact) mass is 241 g/mol. The molecule has 0 radical (unpaired) electrons. The van der Waals surface area contributed by atoms with Crippen LogP contribution in [0.3, 0.4) is 0 Å². The maximum absolute atomic E-state index is 11.4. The molecule has 1 heterocycles. The third-order valence-corrected chi connectivity index (χ3v) is 4.37. The van der Waals surface area contributed by atoms with Gasteiger partial charge in [0, 0.05) is 23.8 Å². The number of carbonyl (C=O) groups is 1. The van der Waals surface area contributed by atoms with Crippen LogP contribution in [0.15, 0.2) is 23.4 Å². The van der Waals surface area contributed by atoms with Gasteiger partial charge in [-0.15, -0.1) is 11.8 Å². The molecule has 2 nitrogen and oxygen atoms in total. The smallest absolute Gasteiger partial charge is 0.136 e. The zero-order chi connectivity index (χ0) is 10.8. The van der Waals surface area contributed by atoms with E-state index < -0.39 is 0 Å². The van der Waals surface area contributed by atoms with E-state index in [-0.39, 0.29) is 5.92 Å². The van der Waals surface area contributed by atoms with Gasteiger partial charge in [0.1, 0.15) is 5.78 Å². The number of hydrogen-bond acceptors (Lipinski definition) is 3. The summed E-state index contributed by atoms with van der Waals surface area (Å²) in [4.78, 5) is 15.6. The maximum Gasteiger partial charge on any atom is 0.136 e. The van der Waals surface area contributed by atoms with Crippen molar-refractivity contribution in [1.82, 2.24) is 4.98 Å². The Balaban J connectivity index is 2.03. The first-order valence-electron chi connectivity index (χ1n) is 4.98. The van der Waals surface area contributed by atoms with Gasteiger partial charge in [-0.05, 0) is 18.6 Å². The van der Waals surface area contributed by atoms with Gasteiger partial charge in [0.2, 0.25) is 0 Å². The second-order valence-corrected chi connectivity index (χ2v) is 5.46. The largest absolute Gasteiger partial charge is 0.299 e. The maximum atomic E-state index is 11.4. The fourth-order valence-electron chi connectivity index (χ4n) is 1.72. The quantitative estimate of drug-likeness (QED) is 0.797. The second-order valence-electron chi connectivity index (χ2n) is 3.76. The zero-order valence-corrected chi connectivity index (χ0v) is 10.0. The van der Waals surface area contributed by atoms with Crippen molar-refractivity contribution in [3.63, 3.8) is 0 Å². The normalized spacial score (nSPS) is 25.9. The molecule has 1 aromatic heterocycles. The number of carbonyl (C=O) groups excluding carboxylic acids is 1. The Morgan fingerprint density at radius 3 is 2.87 bits per heavy atom. The lowest BCUT2D eigenvalue weighted by atomic mass is 10.1. The van der Waals surface area contributed by atoms with Crippen LogP contribution in [0.4, 0.5) is 0 Å². The summed E-state index contributed by atoms with van der Waals surface area (Å²) in [6.07, 6.45) is 3.33. The topological polar surface area (TPSA) is 30.0 Å². The first kappa shape index (κ1) is 11.0. The lowest BCUT2D eigenvalue weighted by Crippen LogP contribution is -2.12. The molecule has 0 aromatic carbocycles. The number of pyridine rings is 1. The van der Waals surface area contributed by atoms with Crippen LogP contribution in [0.1, 0.15) is 19.8 Å². The summed E-state index contributed by atoms with van der Waals surface area (Å²) in [5, 5.41) is 1.98. The molecule has 15 heavy (non-hydrogen) atoms. The van der Waals surface area contributed by atoms with E-state index in [4.69, 9.17) is 11.6 Å². The average molecular weight is 242 g/mol. The van der Waals surface area contributed by atoms with E-state index in [2.05, 4.69) is 4.98 Å². The van der Waals surface area contributed by atoms with Crippen LogP contribution in [0.2, 0.25) is 5.02 Å². The molecule has 0 amide bonds. The van der Waals surface area contributed by atoms with Crippen molar-refractivity contribution in [3.05, 3.63) is 23.4 Å². The van der Waals surface area contributed by atoms with Gasteiger partial charge in [0.25, 0.3) is 0 Å². The minimum atomic E-state index is 0.160. The molecule has 0 N–H and O–H groups in total. The Labute approximate surface area is 98.4 Å². The first-order chi connectivity index (χ1) is 7.16. The van der Waals surface area contributed by atoms with E-state index >= 15 is 0 Å². The van der Waals surface area contributed by atoms with Gasteiger partial charge in [0.05, 0.1) is 10.0 Å². The fourth-order valence-corrected chi connectivity index (χ4v) is 2.99. The van der Waals surface area contributed by atoms with E-state index in [9.17, 15) is 4.79 Å². The Bertz CT molecular complexity index is 365. The van der Waals surface area contributed by atoms with Gasteiger partial charge in [-0.1, -0.05) is 18.5 Å². The number of hydrogen-bond donors (Lipinski definition) is 0. The summed E-state index contributed by atoms with van der Waals surface area (Å²) in [6, 6.07) is 3.74. The highest BCUT2D eigenvalue weighted by molar-refractivity contribution is 7.99. The van der Waals surface area contributed by atoms with E-state index in [0.717, 1.165) is 11.4 Å². The number of Topliss-reactive ketones (excluding diaryl/α,β-unsaturated/α-hetero) is 1. The molecule has 0 saturated heterocycles. The number of nitrogens with zero attached hydrogens (tertiary/aromatic N) is 1. The summed E-state index contributed by atoms with van der Waals surface area (Å²) >= 11 is 7.44. The molecule has 1 aliphatic rings. The van der Waals surface area contributed by atoms with Gasteiger partial charge in [-0.25, -0.2) is 4.98 Å². The lowest BCUT2D eigenvalue weighted by Gasteiger charge is -2.12. The minimum absolute atomic E-state index is 0.160. The highest BCUT2D eigenvalue weighted by atomic mass is 35.5. The number of rotatable bonds is 2. The van der Waals surface area contributed by atoms with E-state index in [1.165, 1.54) is 0 Å². The van der Waals surface area contributed by atoms with Gasteiger partial charge >= 0.3 is 0 Å². The molecule has 0 spiro atoms. The van der Waals surface area contributed by atoms with Crippen LogP contribution < -0.4 is 0 Å². The summed E-state index contributed by atoms with van der Waals surface area (Å²) in [7, 11) is 0. The predicted molar refractivity (Wildman–Crippen MR) is 62.3 cm³/mol. The molecule has 2 atom stereocenters. The molecular formula is C11H12ClNOS. The minimum Gasteiger partial charge on any atom is -0.299 e. The van der Waals surface area contributed by atoms with Crippen molar-refractivity contribution in [2.24, 2.45) is 5.92 Å². The summed E-state index contributed by atoms with van der Waals surface area (Å²) in [5.41, 5.74) is 0. The van der Waals surface area contributed by atoms with Crippen molar-refractivity contribution >= 4 is 29.1 Å². The lowest BCUT2D eigenvalue weighted by molar-refractivity contribution is -0.120. The summed E-state index contributed by atoms with van der Waals surface area (Å²) < 4.78 is 0. The standard InChI is InChI=1S/C11H12ClNOS/c1-7-9(14)3-4-10(7)15-11-5-2-8(12)6-13-11/h2,5-7,10H,3-4H2,1H3. The molecular weight excluding hydrogens is 230 g/mol. The van der Waals surface area contributed by atoms with Crippen molar-refractivity contribution in [2.45, 2.75) is 30.0 Å². The SMILES string of the molecule is CC1C(=O)CCC1Sc1ccc(Cl)cn1. The first-order valence-corrected chi connectivity index (χ1v) is 6.23. The van der Waals surface area contributed by atoms with Crippen molar-refractivity contribution < 1.29 is 4.79 Å². The molecule has 0 bridgehead atoms. The van der Waals surface area contributed by atoms with Gasteiger partial charge < -0.3 is 0 Å². The zero-order valence-electron chi connectivity index (χ0n) is 8.44. The molecule has 0 aliphatic heterocycles. The van der Waals surface area contributed by atoms with Crippen LogP contribution in [0.25, 0.3) is 0 Å². The van der Waals surface area contributed by atoms with Crippen molar-refractivity contribution in [1.29, 1.82) is 0 Å². The Morgan fingerprint density at radius 2 is 2.33 bits per heavy atom. The molecule has 80 valence electrons. The van der Waals surface area contributed by atoms with Gasteiger partial charge in [0.15, 0.2) is 0 Å². The van der Waals surface area contributed by atoms with Crippen LogP contribution in [-0.2, 0) is 4.79 Å². The third kappa shape index (κ3) is 2.52. The molecule has 1 saturated carbocycles. The third-order valence-electron chi connectivity index (χ3n) is 2.71. The predicted octanol–water partition coefficient (Wildman–Crippen LogP) is 3.19. The van der Waals surface area contributed by atoms with Crippen LogP contribution >= 0.6 is 23.4 Å². The van der Waals surface area contributed by atoms with E-state index in [1.807, 2.05) is 19.1 Å². The second kappa shape index (κ2) is 4.54. The van der Waals surface area contributed by atoms with Crippen LogP contribution in [0, 0.1) is 5.92 Å². The van der Waals surface area contributed by atoms with Crippen LogP contribution in [-0.4, -0.2) is 16.0 Å². The number of aromatic nitrogens is 1. The molecule has 2 unspecified atom stereocenters. The Hall–Kier alpha value is -0.540. The Kier molecular flexibility index (Phi) is 3.32. The highest BCUT2D eigenvalue weighted by Crippen LogP contribution is 2.36. The van der Waals surface area contributed by atoms with E-state index in [0.29, 0.717) is 22.5 Å². The summed E-state index contributed by atoms with van der Waals surface area (Å²) in [6.45, 7) is 2.00. The number of thioether (sulfide) groups is 1. The van der Waals surface area contributed by atoms with Crippen LogP contribution in [0.5, 0.6) is 0 Å². The van der Waals surface area contributed by atoms with Gasteiger partial charge in [-0.2, -0.15) is 0 Å². The molecule has 1 fully saturated rings. The van der Waals surface area contributed by atoms with Crippen molar-refractivity contribution in [2.75, 3.05) is 0 Å². The molecule has 1 aromatic rings. The average Bonchev–Trinajstić information content (AvgIpc) is 2.53.